The molecule has 20 heavy (non-hydrogen) atoms. The van der Waals surface area contributed by atoms with Crippen molar-refractivity contribution in [1.82, 2.24) is 15.5 Å². The SMILES string of the molecule is CCN(CC)C(C(=O)NCCCNC)c1ccccc1. The topological polar surface area (TPSA) is 44.4 Å². The maximum Gasteiger partial charge on any atom is 0.241 e. The summed E-state index contributed by atoms with van der Waals surface area (Å²) < 4.78 is 0. The molecule has 0 aliphatic rings. The number of nitrogens with zero attached hydrogens (tertiary/aromatic N) is 1. The Kier molecular flexibility index (Phi) is 7.92. The van der Waals surface area contributed by atoms with Crippen molar-refractivity contribution in [1.29, 1.82) is 0 Å². The van der Waals surface area contributed by atoms with Gasteiger partial charge in [0.1, 0.15) is 6.04 Å². The minimum atomic E-state index is -0.194. The summed E-state index contributed by atoms with van der Waals surface area (Å²) in [6.07, 6.45) is 0.946. The summed E-state index contributed by atoms with van der Waals surface area (Å²) in [4.78, 5) is 14.7. The van der Waals surface area contributed by atoms with Gasteiger partial charge in [0, 0.05) is 6.54 Å². The molecule has 2 N–H and O–H groups in total. The van der Waals surface area contributed by atoms with E-state index < -0.39 is 0 Å². The maximum atomic E-state index is 12.5. The molecule has 1 amide bonds. The number of hydrogen-bond donors (Lipinski definition) is 2. The number of rotatable bonds is 9. The standard InChI is InChI=1S/C16H27N3O/c1-4-19(5-2)15(14-10-7-6-8-11-14)16(20)18-13-9-12-17-3/h6-8,10-11,15,17H,4-5,9,12-13H2,1-3H3,(H,18,20). The summed E-state index contributed by atoms with van der Waals surface area (Å²) in [7, 11) is 1.92. The summed E-state index contributed by atoms with van der Waals surface area (Å²) in [5.41, 5.74) is 1.06. The Morgan fingerprint density at radius 2 is 1.80 bits per heavy atom. The van der Waals surface area contributed by atoms with Crippen molar-refractivity contribution in [2.45, 2.75) is 26.3 Å². The van der Waals surface area contributed by atoms with E-state index in [2.05, 4.69) is 29.4 Å². The zero-order valence-electron chi connectivity index (χ0n) is 12.9. The highest BCUT2D eigenvalue weighted by Crippen LogP contribution is 2.20. The van der Waals surface area contributed by atoms with Crippen LogP contribution in [-0.2, 0) is 4.79 Å². The van der Waals surface area contributed by atoms with Crippen molar-refractivity contribution in [3.63, 3.8) is 0 Å². The lowest BCUT2D eigenvalue weighted by Crippen LogP contribution is -2.41. The summed E-state index contributed by atoms with van der Waals surface area (Å²) >= 11 is 0. The molecule has 0 bridgehead atoms. The molecule has 0 aliphatic carbocycles. The van der Waals surface area contributed by atoms with Crippen molar-refractivity contribution in [2.75, 3.05) is 33.2 Å². The molecule has 0 spiro atoms. The van der Waals surface area contributed by atoms with Crippen LogP contribution in [0.3, 0.4) is 0 Å². The second kappa shape index (κ2) is 9.50. The third kappa shape index (κ3) is 4.94. The molecule has 1 unspecified atom stereocenters. The molecule has 0 saturated heterocycles. The predicted molar refractivity (Wildman–Crippen MR) is 83.7 cm³/mol. The molecule has 0 fully saturated rings. The molecule has 1 aromatic rings. The van der Waals surface area contributed by atoms with E-state index in [0.717, 1.165) is 31.6 Å². The van der Waals surface area contributed by atoms with Crippen molar-refractivity contribution in [3.8, 4) is 0 Å². The molecule has 0 radical (unpaired) electrons. The second-order valence-corrected chi connectivity index (χ2v) is 4.78. The van der Waals surface area contributed by atoms with Crippen LogP contribution in [0.4, 0.5) is 0 Å². The van der Waals surface area contributed by atoms with Gasteiger partial charge in [0.05, 0.1) is 0 Å². The van der Waals surface area contributed by atoms with Crippen LogP contribution in [0, 0.1) is 0 Å². The molecule has 0 saturated carbocycles. The lowest BCUT2D eigenvalue weighted by molar-refractivity contribution is -0.126. The molecular formula is C16H27N3O. The fourth-order valence-corrected chi connectivity index (χ4v) is 2.33. The number of benzene rings is 1. The lowest BCUT2D eigenvalue weighted by Gasteiger charge is -2.29. The highest BCUT2D eigenvalue weighted by Gasteiger charge is 2.25. The van der Waals surface area contributed by atoms with Crippen LogP contribution in [0.25, 0.3) is 0 Å². The Hall–Kier alpha value is -1.39. The van der Waals surface area contributed by atoms with Crippen LogP contribution in [-0.4, -0.2) is 44.0 Å². The van der Waals surface area contributed by atoms with E-state index in [-0.39, 0.29) is 11.9 Å². The van der Waals surface area contributed by atoms with Crippen LogP contribution >= 0.6 is 0 Å². The summed E-state index contributed by atoms with van der Waals surface area (Å²) in [5, 5.41) is 6.13. The first-order chi connectivity index (χ1) is 9.74. The molecule has 0 aliphatic heterocycles. The van der Waals surface area contributed by atoms with Gasteiger partial charge in [-0.25, -0.2) is 0 Å². The number of likely N-dealkylation sites (N-methyl/N-ethyl adjacent to an activating group) is 1. The van der Waals surface area contributed by atoms with Gasteiger partial charge in [-0.2, -0.15) is 0 Å². The zero-order chi connectivity index (χ0) is 14.8. The average Bonchev–Trinajstić information content (AvgIpc) is 2.49. The van der Waals surface area contributed by atoms with E-state index in [9.17, 15) is 4.79 Å². The van der Waals surface area contributed by atoms with Crippen LogP contribution < -0.4 is 10.6 Å². The molecule has 1 aromatic carbocycles. The number of hydrogen-bond acceptors (Lipinski definition) is 3. The van der Waals surface area contributed by atoms with Crippen molar-refractivity contribution in [2.24, 2.45) is 0 Å². The fraction of sp³-hybridized carbons (Fsp3) is 0.562. The molecular weight excluding hydrogens is 250 g/mol. The highest BCUT2D eigenvalue weighted by atomic mass is 16.2. The number of amides is 1. The highest BCUT2D eigenvalue weighted by molar-refractivity contribution is 5.83. The first-order valence-corrected chi connectivity index (χ1v) is 7.45. The van der Waals surface area contributed by atoms with E-state index >= 15 is 0 Å². The normalized spacial score (nSPS) is 12.4. The Balaban J connectivity index is 2.74. The molecule has 1 atom stereocenters. The van der Waals surface area contributed by atoms with Crippen LogP contribution in [0.5, 0.6) is 0 Å². The van der Waals surface area contributed by atoms with Crippen molar-refractivity contribution in [3.05, 3.63) is 35.9 Å². The summed E-state index contributed by atoms with van der Waals surface area (Å²) in [6.45, 7) is 7.53. The Morgan fingerprint density at radius 1 is 1.15 bits per heavy atom. The van der Waals surface area contributed by atoms with Gasteiger partial charge in [-0.05, 0) is 38.7 Å². The van der Waals surface area contributed by atoms with Gasteiger partial charge < -0.3 is 10.6 Å². The average molecular weight is 277 g/mol. The lowest BCUT2D eigenvalue weighted by atomic mass is 10.0. The Labute approximate surface area is 122 Å². The first kappa shape index (κ1) is 16.7. The van der Waals surface area contributed by atoms with Gasteiger partial charge in [-0.1, -0.05) is 44.2 Å². The molecule has 112 valence electrons. The van der Waals surface area contributed by atoms with Crippen LogP contribution in [0.2, 0.25) is 0 Å². The summed E-state index contributed by atoms with van der Waals surface area (Å²) in [6, 6.07) is 9.81. The minimum absolute atomic E-state index is 0.0935. The smallest absolute Gasteiger partial charge is 0.241 e. The van der Waals surface area contributed by atoms with E-state index in [0.29, 0.717) is 6.54 Å². The van der Waals surface area contributed by atoms with Gasteiger partial charge in [0.25, 0.3) is 0 Å². The van der Waals surface area contributed by atoms with Gasteiger partial charge in [0.2, 0.25) is 5.91 Å². The van der Waals surface area contributed by atoms with E-state index in [1.165, 1.54) is 0 Å². The number of nitrogens with one attached hydrogen (secondary N) is 2. The van der Waals surface area contributed by atoms with Gasteiger partial charge in [0.15, 0.2) is 0 Å². The fourth-order valence-electron chi connectivity index (χ4n) is 2.33. The molecule has 1 rings (SSSR count). The van der Waals surface area contributed by atoms with Crippen LogP contribution in [0.15, 0.2) is 30.3 Å². The van der Waals surface area contributed by atoms with Crippen molar-refractivity contribution < 1.29 is 4.79 Å². The third-order valence-electron chi connectivity index (χ3n) is 3.44. The predicted octanol–water partition coefficient (Wildman–Crippen LogP) is 1.80. The quantitative estimate of drug-likeness (QED) is 0.677. The second-order valence-electron chi connectivity index (χ2n) is 4.78. The van der Waals surface area contributed by atoms with E-state index in [1.807, 2.05) is 37.4 Å². The molecule has 0 aromatic heterocycles. The maximum absolute atomic E-state index is 12.5. The van der Waals surface area contributed by atoms with Gasteiger partial charge in [-0.15, -0.1) is 0 Å². The minimum Gasteiger partial charge on any atom is -0.354 e. The monoisotopic (exact) mass is 277 g/mol. The largest absolute Gasteiger partial charge is 0.354 e. The molecule has 0 heterocycles. The Bertz CT molecular complexity index is 377. The van der Waals surface area contributed by atoms with Gasteiger partial charge >= 0.3 is 0 Å². The number of carbonyl (C=O) groups is 1. The van der Waals surface area contributed by atoms with E-state index in [1.54, 1.807) is 0 Å². The third-order valence-corrected chi connectivity index (χ3v) is 3.44. The van der Waals surface area contributed by atoms with Gasteiger partial charge in [-0.3, -0.25) is 9.69 Å². The molecule has 4 heteroatoms. The van der Waals surface area contributed by atoms with Crippen molar-refractivity contribution >= 4 is 5.91 Å². The number of carbonyl (C=O) groups excluding carboxylic acids is 1. The molecule has 4 nitrogen and oxygen atoms in total. The summed E-state index contributed by atoms with van der Waals surface area (Å²) in [5.74, 6) is 0.0935. The van der Waals surface area contributed by atoms with Crippen LogP contribution in [0.1, 0.15) is 31.9 Å². The van der Waals surface area contributed by atoms with E-state index in [4.69, 9.17) is 0 Å². The Morgan fingerprint density at radius 3 is 2.35 bits per heavy atom. The zero-order valence-corrected chi connectivity index (χ0v) is 12.9. The first-order valence-electron chi connectivity index (χ1n) is 7.45.